The second-order valence-electron chi connectivity index (χ2n) is 8.84. The van der Waals surface area contributed by atoms with Crippen molar-refractivity contribution in [2.75, 3.05) is 0 Å². The largest absolute Gasteiger partial charge is 0.437 e. The van der Waals surface area contributed by atoms with Gasteiger partial charge in [-0.3, -0.25) is 0 Å². The molecule has 4 aliphatic heterocycles. The summed E-state index contributed by atoms with van der Waals surface area (Å²) in [5.41, 5.74) is 0. The molecular formula is C18H29B2F3O2. The Morgan fingerprint density at radius 2 is 0.880 bits per heavy atom. The van der Waals surface area contributed by atoms with Crippen molar-refractivity contribution < 1.29 is 22.5 Å². The van der Waals surface area contributed by atoms with Crippen molar-refractivity contribution in [3.05, 3.63) is 0 Å². The summed E-state index contributed by atoms with van der Waals surface area (Å²) >= 11 is 0. The number of rotatable bonds is 4. The molecule has 0 atom stereocenters. The summed E-state index contributed by atoms with van der Waals surface area (Å²) in [5, 5.41) is 0. The van der Waals surface area contributed by atoms with Gasteiger partial charge in [0.1, 0.15) is 0 Å². The van der Waals surface area contributed by atoms with Gasteiger partial charge in [-0.2, -0.15) is 13.2 Å². The smallest absolute Gasteiger partial charge is 0.406 e. The molecule has 0 aromatic rings. The Labute approximate surface area is 149 Å². The molecule has 0 radical (unpaired) electrons. The summed E-state index contributed by atoms with van der Waals surface area (Å²) in [6, 6.07) is 0. The molecule has 0 aliphatic carbocycles. The molecule has 0 unspecified atom stereocenters. The monoisotopic (exact) mass is 356 g/mol. The van der Waals surface area contributed by atoms with Crippen molar-refractivity contribution in [2.24, 2.45) is 0 Å². The SMILES string of the molecule is FC(F)(F)C(OB1C2CCCC1CCC2)OB1C2CCCC1CCC2. The maximum Gasteiger partial charge on any atom is 0.437 e. The molecule has 2 nitrogen and oxygen atoms in total. The van der Waals surface area contributed by atoms with Gasteiger partial charge in [-0.05, 0) is 23.3 Å². The molecule has 4 heterocycles. The molecule has 0 aromatic carbocycles. The Morgan fingerprint density at radius 1 is 0.600 bits per heavy atom. The van der Waals surface area contributed by atoms with Crippen LogP contribution in [0.1, 0.15) is 77.0 Å². The number of alkyl halides is 3. The van der Waals surface area contributed by atoms with Crippen molar-refractivity contribution >= 4 is 13.8 Å². The first kappa shape index (κ1) is 18.2. The van der Waals surface area contributed by atoms with Crippen molar-refractivity contribution in [2.45, 2.75) is 113 Å². The van der Waals surface area contributed by atoms with Gasteiger partial charge in [-0.25, -0.2) is 0 Å². The quantitative estimate of drug-likeness (QED) is 0.447. The second kappa shape index (κ2) is 7.46. The lowest BCUT2D eigenvalue weighted by Crippen LogP contribution is -2.50. The summed E-state index contributed by atoms with van der Waals surface area (Å²) < 4.78 is 52.7. The average Bonchev–Trinajstić information content (AvgIpc) is 2.53. The zero-order valence-corrected chi connectivity index (χ0v) is 15.0. The molecule has 25 heavy (non-hydrogen) atoms. The fourth-order valence-corrected chi connectivity index (χ4v) is 6.15. The van der Waals surface area contributed by atoms with E-state index in [0.29, 0.717) is 23.3 Å². The topological polar surface area (TPSA) is 18.5 Å². The van der Waals surface area contributed by atoms with Gasteiger partial charge in [0.25, 0.3) is 0 Å². The van der Waals surface area contributed by atoms with E-state index in [4.69, 9.17) is 9.31 Å². The lowest BCUT2D eigenvalue weighted by atomic mass is 9.37. The highest BCUT2D eigenvalue weighted by atomic mass is 19.4. The molecule has 4 rings (SSSR count). The summed E-state index contributed by atoms with van der Waals surface area (Å²) in [6.45, 7) is -0.505. The van der Waals surface area contributed by atoms with Crippen LogP contribution in [0.3, 0.4) is 0 Å². The molecule has 0 spiro atoms. The van der Waals surface area contributed by atoms with E-state index in [-0.39, 0.29) is 13.8 Å². The summed E-state index contributed by atoms with van der Waals surface area (Å²) in [7, 11) is 0. The van der Waals surface area contributed by atoms with E-state index in [2.05, 4.69) is 0 Å². The molecule has 140 valence electrons. The van der Waals surface area contributed by atoms with Crippen molar-refractivity contribution in [3.8, 4) is 0 Å². The van der Waals surface area contributed by atoms with Crippen LogP contribution in [0.4, 0.5) is 13.2 Å². The number of hydrogen-bond donors (Lipinski definition) is 0. The third-order valence-corrected chi connectivity index (χ3v) is 7.29. The molecule has 7 heteroatoms. The minimum Gasteiger partial charge on any atom is -0.406 e. The summed E-state index contributed by atoms with van der Waals surface area (Å²) in [5.74, 6) is 1.19. The molecule has 0 saturated carbocycles. The van der Waals surface area contributed by atoms with Crippen LogP contribution >= 0.6 is 0 Å². The van der Waals surface area contributed by atoms with Gasteiger partial charge < -0.3 is 9.31 Å². The Morgan fingerprint density at radius 3 is 1.12 bits per heavy atom. The minimum absolute atomic E-state index is 0.252. The molecule has 4 saturated heterocycles. The normalized spacial score (nSPS) is 37.1. The first-order chi connectivity index (χ1) is 12.0. The van der Waals surface area contributed by atoms with Crippen molar-refractivity contribution in [3.63, 3.8) is 0 Å². The molecule has 4 bridgehead atoms. The van der Waals surface area contributed by atoms with Crippen LogP contribution in [0.2, 0.25) is 23.3 Å². The van der Waals surface area contributed by atoms with E-state index in [0.717, 1.165) is 77.0 Å². The van der Waals surface area contributed by atoms with Crippen LogP contribution in [0.15, 0.2) is 0 Å². The lowest BCUT2D eigenvalue weighted by Gasteiger charge is -2.44. The van der Waals surface area contributed by atoms with Gasteiger partial charge in [0.05, 0.1) is 0 Å². The highest BCUT2D eigenvalue weighted by Crippen LogP contribution is 2.50. The third-order valence-electron chi connectivity index (χ3n) is 7.29. The fraction of sp³-hybridized carbons (Fsp3) is 1.00. The summed E-state index contributed by atoms with van der Waals surface area (Å²) in [6.07, 6.45) is 6.21. The molecule has 4 aliphatic rings. The Balaban J connectivity index is 1.47. The predicted octanol–water partition coefficient (Wildman–Crippen LogP) is 6.11. The first-order valence-corrected chi connectivity index (χ1v) is 10.4. The maximum absolute atomic E-state index is 13.7. The Hall–Kier alpha value is -0.160. The van der Waals surface area contributed by atoms with Crippen LogP contribution in [0, 0.1) is 0 Å². The molecule has 0 amide bonds. The van der Waals surface area contributed by atoms with Crippen LogP contribution < -0.4 is 0 Å². The van der Waals surface area contributed by atoms with Crippen LogP contribution in [-0.4, -0.2) is 26.3 Å². The van der Waals surface area contributed by atoms with E-state index in [1.54, 1.807) is 0 Å². The van der Waals surface area contributed by atoms with Gasteiger partial charge in [0.15, 0.2) is 0 Å². The maximum atomic E-state index is 13.7. The van der Waals surface area contributed by atoms with Crippen LogP contribution in [0.5, 0.6) is 0 Å². The summed E-state index contributed by atoms with van der Waals surface area (Å²) in [4.78, 5) is 0. The number of hydrogen-bond acceptors (Lipinski definition) is 2. The molecule has 0 aromatic heterocycles. The standard InChI is InChI=1S/C18H29B2F3O2/c21-18(22,23)17(24-19-13-5-1-6-14(19)8-2-7-13)25-20-15-9-3-10-16(20)12-4-11-15/h13-17H,1-12H2. The average molecular weight is 356 g/mol. The lowest BCUT2D eigenvalue weighted by molar-refractivity contribution is -0.260. The van der Waals surface area contributed by atoms with Crippen molar-refractivity contribution in [1.29, 1.82) is 0 Å². The third kappa shape index (κ3) is 3.92. The van der Waals surface area contributed by atoms with E-state index in [9.17, 15) is 13.2 Å². The van der Waals surface area contributed by atoms with Crippen LogP contribution in [0.25, 0.3) is 0 Å². The fourth-order valence-electron chi connectivity index (χ4n) is 6.15. The van der Waals surface area contributed by atoms with E-state index in [1.165, 1.54) is 0 Å². The predicted molar refractivity (Wildman–Crippen MR) is 93.9 cm³/mol. The zero-order chi connectivity index (χ0) is 17.4. The van der Waals surface area contributed by atoms with E-state index in [1.807, 2.05) is 0 Å². The minimum atomic E-state index is -4.43. The van der Waals surface area contributed by atoms with Gasteiger partial charge >= 0.3 is 20.0 Å². The number of halogens is 3. The molecule has 0 N–H and O–H groups in total. The highest BCUT2D eigenvalue weighted by Gasteiger charge is 2.52. The molecular weight excluding hydrogens is 327 g/mol. The van der Waals surface area contributed by atoms with E-state index < -0.39 is 12.5 Å². The molecule has 4 fully saturated rings. The number of fused-ring (bicyclic) bond motifs is 4. The second-order valence-corrected chi connectivity index (χ2v) is 8.84. The van der Waals surface area contributed by atoms with E-state index >= 15 is 0 Å². The highest BCUT2D eigenvalue weighted by molar-refractivity contribution is 6.57. The van der Waals surface area contributed by atoms with Gasteiger partial charge in [0.2, 0.25) is 6.29 Å². The Kier molecular flexibility index (Phi) is 5.43. The van der Waals surface area contributed by atoms with Gasteiger partial charge in [-0.15, -0.1) is 0 Å². The van der Waals surface area contributed by atoms with Crippen molar-refractivity contribution in [1.82, 2.24) is 0 Å². The first-order valence-electron chi connectivity index (χ1n) is 10.4. The van der Waals surface area contributed by atoms with Gasteiger partial charge in [-0.1, -0.05) is 77.0 Å². The van der Waals surface area contributed by atoms with Gasteiger partial charge in [0, 0.05) is 0 Å². The van der Waals surface area contributed by atoms with Crippen LogP contribution in [-0.2, 0) is 9.31 Å². The Bertz CT molecular complexity index is 384. The zero-order valence-electron chi connectivity index (χ0n) is 15.0.